The predicted molar refractivity (Wildman–Crippen MR) is 151 cm³/mol. The smallest absolute Gasteiger partial charge is 0.119 e. The fraction of sp³-hybridized carbons (Fsp3) is 0.800. The number of hydrogen-bond donors (Lipinski definition) is 4. The molecule has 0 amide bonds. The Hall–Kier alpha value is -1.18. The van der Waals surface area contributed by atoms with Gasteiger partial charge in [0.1, 0.15) is 5.75 Å². The zero-order valence-corrected chi connectivity index (χ0v) is 23.8. The van der Waals surface area contributed by atoms with Gasteiger partial charge in [0.25, 0.3) is 0 Å². The average molecular weight is 515 g/mol. The molecule has 0 radical (unpaired) electrons. The average Bonchev–Trinajstić information content (AvgIpc) is 2.90. The third kappa shape index (κ3) is 29.1. The lowest BCUT2D eigenvalue weighted by Gasteiger charge is -2.10. The van der Waals surface area contributed by atoms with Crippen LogP contribution in [0.2, 0.25) is 0 Å². The van der Waals surface area contributed by atoms with Crippen LogP contribution < -0.4 is 4.74 Å². The third-order valence-electron chi connectivity index (χ3n) is 5.49. The second-order valence-electron chi connectivity index (χ2n) is 9.40. The Morgan fingerprint density at radius 3 is 1.67 bits per heavy atom. The Bertz CT molecular complexity index is 519. The molecule has 0 aliphatic rings. The SMILES string of the molecule is CC(O)COC(C)CO.CCCCCCCCCc1ccc(OCCCCCCC)cc1.OCCO. The zero-order chi connectivity index (χ0) is 27.3. The molecule has 0 fully saturated rings. The van der Waals surface area contributed by atoms with Gasteiger partial charge in [0.05, 0.1) is 45.2 Å². The van der Waals surface area contributed by atoms with Crippen molar-refractivity contribution in [3.8, 4) is 5.75 Å². The van der Waals surface area contributed by atoms with Crippen LogP contribution in [-0.2, 0) is 11.2 Å². The molecular weight excluding hydrogens is 456 g/mol. The summed E-state index contributed by atoms with van der Waals surface area (Å²) in [4.78, 5) is 0. The lowest BCUT2D eigenvalue weighted by Crippen LogP contribution is -2.19. The van der Waals surface area contributed by atoms with E-state index < -0.39 is 6.10 Å². The first-order valence-electron chi connectivity index (χ1n) is 14.3. The van der Waals surface area contributed by atoms with Crippen LogP contribution >= 0.6 is 0 Å². The maximum absolute atomic E-state index is 8.69. The van der Waals surface area contributed by atoms with Gasteiger partial charge in [-0.2, -0.15) is 0 Å². The van der Waals surface area contributed by atoms with Crippen LogP contribution in [-0.4, -0.2) is 65.7 Å². The van der Waals surface area contributed by atoms with E-state index in [1.165, 1.54) is 89.0 Å². The van der Waals surface area contributed by atoms with E-state index in [1.807, 2.05) is 0 Å². The van der Waals surface area contributed by atoms with E-state index in [2.05, 4.69) is 38.1 Å². The fourth-order valence-corrected chi connectivity index (χ4v) is 3.29. The molecule has 2 unspecified atom stereocenters. The lowest BCUT2D eigenvalue weighted by molar-refractivity contribution is -0.0177. The van der Waals surface area contributed by atoms with Crippen LogP contribution in [0.5, 0.6) is 5.75 Å². The van der Waals surface area contributed by atoms with Gasteiger partial charge in [-0.15, -0.1) is 0 Å². The summed E-state index contributed by atoms with van der Waals surface area (Å²) in [6, 6.07) is 8.76. The number of ether oxygens (including phenoxy) is 2. The van der Waals surface area contributed by atoms with E-state index in [0.717, 1.165) is 12.4 Å². The molecule has 4 N–H and O–H groups in total. The lowest BCUT2D eigenvalue weighted by atomic mass is 10.0. The number of aryl methyl sites for hydroxylation is 1. The molecule has 0 bridgehead atoms. The molecule has 6 nitrogen and oxygen atoms in total. The minimum atomic E-state index is -0.445. The summed E-state index contributed by atoms with van der Waals surface area (Å²) in [5.74, 6) is 1.03. The molecule has 0 spiro atoms. The molecule has 1 aromatic carbocycles. The molecule has 1 aromatic rings. The molecule has 0 aliphatic carbocycles. The maximum Gasteiger partial charge on any atom is 0.119 e. The quantitative estimate of drug-likeness (QED) is 0.158. The van der Waals surface area contributed by atoms with Crippen molar-refractivity contribution in [1.82, 2.24) is 0 Å². The number of aliphatic hydroxyl groups excluding tert-OH is 4. The summed E-state index contributed by atoms with van der Waals surface area (Å²) in [7, 11) is 0. The topological polar surface area (TPSA) is 99.4 Å². The van der Waals surface area contributed by atoms with Crippen molar-refractivity contribution in [2.75, 3.05) is 33.0 Å². The normalized spacial score (nSPS) is 12.1. The summed E-state index contributed by atoms with van der Waals surface area (Å²) < 4.78 is 10.8. The van der Waals surface area contributed by atoms with Crippen LogP contribution in [0.25, 0.3) is 0 Å². The number of aliphatic hydroxyl groups is 4. The summed E-state index contributed by atoms with van der Waals surface area (Å²) >= 11 is 0. The van der Waals surface area contributed by atoms with Crippen molar-refractivity contribution in [3.05, 3.63) is 29.8 Å². The van der Waals surface area contributed by atoms with Gasteiger partial charge in [-0.25, -0.2) is 0 Å². The molecule has 2 atom stereocenters. The Labute approximate surface area is 222 Å². The van der Waals surface area contributed by atoms with Crippen LogP contribution in [0.3, 0.4) is 0 Å². The first-order valence-corrected chi connectivity index (χ1v) is 14.3. The molecule has 214 valence electrons. The summed E-state index contributed by atoms with van der Waals surface area (Å²) in [5.41, 5.74) is 1.45. The van der Waals surface area contributed by atoms with Gasteiger partial charge in [0.2, 0.25) is 0 Å². The first-order chi connectivity index (χ1) is 17.4. The van der Waals surface area contributed by atoms with Crippen molar-refractivity contribution in [1.29, 1.82) is 0 Å². The molecular formula is C30H58O6. The largest absolute Gasteiger partial charge is 0.494 e. The summed E-state index contributed by atoms with van der Waals surface area (Å²) in [5, 5.41) is 32.4. The molecule has 6 heteroatoms. The van der Waals surface area contributed by atoms with Crippen molar-refractivity contribution >= 4 is 0 Å². The molecule has 0 heterocycles. The second kappa shape index (κ2) is 30.0. The van der Waals surface area contributed by atoms with Crippen molar-refractivity contribution in [3.63, 3.8) is 0 Å². The molecule has 0 aliphatic heterocycles. The Kier molecular flexibility index (Phi) is 30.9. The zero-order valence-electron chi connectivity index (χ0n) is 23.8. The first kappa shape index (κ1) is 37.0. The molecule has 36 heavy (non-hydrogen) atoms. The van der Waals surface area contributed by atoms with E-state index >= 15 is 0 Å². The number of hydrogen-bond acceptors (Lipinski definition) is 6. The van der Waals surface area contributed by atoms with Gasteiger partial charge in [-0.3, -0.25) is 0 Å². The number of rotatable bonds is 20. The van der Waals surface area contributed by atoms with Crippen LogP contribution in [0.1, 0.15) is 110 Å². The van der Waals surface area contributed by atoms with Crippen LogP contribution in [0, 0.1) is 0 Å². The minimum absolute atomic E-state index is 0.00667. The van der Waals surface area contributed by atoms with E-state index in [-0.39, 0.29) is 25.9 Å². The third-order valence-corrected chi connectivity index (χ3v) is 5.49. The van der Waals surface area contributed by atoms with Crippen molar-refractivity contribution in [2.24, 2.45) is 0 Å². The van der Waals surface area contributed by atoms with Gasteiger partial charge in [0, 0.05) is 0 Å². The number of benzene rings is 1. The fourth-order valence-electron chi connectivity index (χ4n) is 3.29. The monoisotopic (exact) mass is 514 g/mol. The summed E-state index contributed by atoms with van der Waals surface area (Å²) in [6.07, 6.45) is 16.8. The molecule has 0 saturated heterocycles. The Balaban J connectivity index is 0. The van der Waals surface area contributed by atoms with Gasteiger partial charge in [-0.05, 0) is 50.8 Å². The minimum Gasteiger partial charge on any atom is -0.494 e. The van der Waals surface area contributed by atoms with E-state index in [0.29, 0.717) is 6.61 Å². The Morgan fingerprint density at radius 1 is 0.694 bits per heavy atom. The highest BCUT2D eigenvalue weighted by Gasteiger charge is 2.01. The summed E-state index contributed by atoms with van der Waals surface area (Å²) in [6.45, 7) is 8.84. The highest BCUT2D eigenvalue weighted by molar-refractivity contribution is 5.27. The van der Waals surface area contributed by atoms with Gasteiger partial charge < -0.3 is 29.9 Å². The molecule has 0 aromatic heterocycles. The second-order valence-corrected chi connectivity index (χ2v) is 9.40. The van der Waals surface area contributed by atoms with E-state index in [1.54, 1.807) is 13.8 Å². The predicted octanol–water partition coefficient (Wildman–Crippen LogP) is 6.06. The number of unbranched alkanes of at least 4 members (excludes halogenated alkanes) is 10. The highest BCUT2D eigenvalue weighted by atomic mass is 16.5. The standard InChI is InChI=1S/C22H38O.C6H14O3.C2H6O2/c1-3-5-7-9-10-11-13-15-21-16-18-22(19-17-21)23-20-14-12-8-6-4-2;1-5(8)4-9-6(2)3-7;3-1-2-4/h16-19H,3-15,20H2,1-2H3;5-8H,3-4H2,1-2H3;3-4H,1-2H2. The van der Waals surface area contributed by atoms with E-state index in [9.17, 15) is 0 Å². The van der Waals surface area contributed by atoms with Crippen molar-refractivity contribution in [2.45, 2.75) is 123 Å². The van der Waals surface area contributed by atoms with Crippen LogP contribution in [0.15, 0.2) is 24.3 Å². The molecule has 0 saturated carbocycles. The highest BCUT2D eigenvalue weighted by Crippen LogP contribution is 2.16. The van der Waals surface area contributed by atoms with Gasteiger partial charge >= 0.3 is 0 Å². The maximum atomic E-state index is 8.69. The van der Waals surface area contributed by atoms with Gasteiger partial charge in [0.15, 0.2) is 0 Å². The van der Waals surface area contributed by atoms with Gasteiger partial charge in [-0.1, -0.05) is 90.2 Å². The Morgan fingerprint density at radius 2 is 1.19 bits per heavy atom. The van der Waals surface area contributed by atoms with E-state index in [4.69, 9.17) is 29.9 Å². The van der Waals surface area contributed by atoms with Crippen molar-refractivity contribution < 1.29 is 29.9 Å². The molecule has 1 rings (SSSR count). The van der Waals surface area contributed by atoms with Crippen LogP contribution in [0.4, 0.5) is 0 Å².